The van der Waals surface area contributed by atoms with Crippen molar-refractivity contribution in [2.24, 2.45) is 11.8 Å². The topological polar surface area (TPSA) is 57.7 Å². The van der Waals surface area contributed by atoms with E-state index in [9.17, 15) is 14.4 Å². The first-order chi connectivity index (χ1) is 13.6. The molecule has 0 saturated carbocycles. The summed E-state index contributed by atoms with van der Waals surface area (Å²) in [6.07, 6.45) is 3.83. The van der Waals surface area contributed by atoms with Gasteiger partial charge in [0.15, 0.2) is 5.78 Å². The number of amides is 2. The van der Waals surface area contributed by atoms with Crippen molar-refractivity contribution in [3.05, 3.63) is 77.5 Å². The highest BCUT2D eigenvalue weighted by molar-refractivity contribution is 6.09. The van der Waals surface area contributed by atoms with Crippen molar-refractivity contribution in [1.82, 2.24) is 9.80 Å². The Morgan fingerprint density at radius 1 is 0.929 bits per heavy atom. The molecule has 2 aromatic carbocycles. The van der Waals surface area contributed by atoms with E-state index in [1.165, 1.54) is 11.8 Å². The standard InChI is InChI=1S/C23H20N2O3/c1-14(26)20-18-19(21-17-10-6-5-9-16(17)11-12-24(20)21)23(28)25(22(18)27)13-15-7-3-2-4-8-15/h2-12,18-21H,13H2,1H3/t18-,19+,20-,21-/m1/s1. The number of rotatable bonds is 3. The summed E-state index contributed by atoms with van der Waals surface area (Å²) >= 11 is 0. The molecule has 5 rings (SSSR count). The highest BCUT2D eigenvalue weighted by atomic mass is 16.2. The largest absolute Gasteiger partial charge is 0.359 e. The molecule has 2 fully saturated rings. The number of carbonyl (C=O) groups excluding carboxylic acids is 3. The van der Waals surface area contributed by atoms with E-state index >= 15 is 0 Å². The van der Waals surface area contributed by atoms with Gasteiger partial charge in [0, 0.05) is 6.20 Å². The minimum atomic E-state index is -0.630. The van der Waals surface area contributed by atoms with E-state index < -0.39 is 17.9 Å². The van der Waals surface area contributed by atoms with Crippen LogP contribution in [0.4, 0.5) is 0 Å². The number of likely N-dealkylation sites (tertiary alicyclic amines) is 1. The maximum atomic E-state index is 13.4. The SMILES string of the molecule is CC(=O)[C@@H]1[C@@H]2C(=O)N(Cc3ccccc3)C(=O)[C@@H]2[C@H]2c3ccccc3C=CN12. The van der Waals surface area contributed by atoms with E-state index in [0.717, 1.165) is 16.7 Å². The molecule has 3 aliphatic rings. The summed E-state index contributed by atoms with van der Waals surface area (Å²) in [5.74, 6) is -1.66. The molecule has 140 valence electrons. The van der Waals surface area contributed by atoms with Gasteiger partial charge in [-0.3, -0.25) is 19.3 Å². The molecule has 5 nitrogen and oxygen atoms in total. The molecule has 2 amide bonds. The molecule has 0 spiro atoms. The van der Waals surface area contributed by atoms with Crippen LogP contribution in [-0.4, -0.2) is 33.4 Å². The van der Waals surface area contributed by atoms with E-state index in [2.05, 4.69) is 0 Å². The lowest BCUT2D eigenvalue weighted by molar-refractivity contribution is -0.143. The molecule has 3 heterocycles. The number of hydrogen-bond acceptors (Lipinski definition) is 4. The first kappa shape index (κ1) is 16.9. The summed E-state index contributed by atoms with van der Waals surface area (Å²) in [5.41, 5.74) is 2.95. The summed E-state index contributed by atoms with van der Waals surface area (Å²) in [5, 5.41) is 0. The zero-order valence-electron chi connectivity index (χ0n) is 15.5. The Bertz CT molecular complexity index is 1010. The highest BCUT2D eigenvalue weighted by Gasteiger charge is 2.63. The van der Waals surface area contributed by atoms with Crippen LogP contribution >= 0.6 is 0 Å². The molecule has 5 heteroatoms. The van der Waals surface area contributed by atoms with Crippen molar-refractivity contribution in [2.75, 3.05) is 0 Å². The molecule has 0 aromatic heterocycles. The van der Waals surface area contributed by atoms with Crippen LogP contribution in [0.25, 0.3) is 6.08 Å². The first-order valence-electron chi connectivity index (χ1n) is 9.52. The van der Waals surface area contributed by atoms with Gasteiger partial charge in [-0.15, -0.1) is 0 Å². The molecule has 4 atom stereocenters. The van der Waals surface area contributed by atoms with Crippen LogP contribution in [0, 0.1) is 11.8 Å². The molecule has 28 heavy (non-hydrogen) atoms. The molecule has 0 unspecified atom stereocenters. The van der Waals surface area contributed by atoms with E-state index in [4.69, 9.17) is 0 Å². The second-order valence-electron chi connectivity index (χ2n) is 7.69. The zero-order chi connectivity index (χ0) is 19.4. The fraction of sp³-hybridized carbons (Fsp3) is 0.261. The molecule has 2 aromatic rings. The predicted octanol–water partition coefficient (Wildman–Crippen LogP) is 2.79. The van der Waals surface area contributed by atoms with E-state index in [1.54, 1.807) is 0 Å². The number of hydrogen-bond donors (Lipinski definition) is 0. The number of fused-ring (bicyclic) bond motifs is 5. The Morgan fingerprint density at radius 3 is 2.36 bits per heavy atom. The van der Waals surface area contributed by atoms with Gasteiger partial charge in [0.25, 0.3) is 0 Å². The molecule has 0 N–H and O–H groups in total. The number of ketones is 1. The molecule has 0 bridgehead atoms. The monoisotopic (exact) mass is 372 g/mol. The Balaban J connectivity index is 1.58. The van der Waals surface area contributed by atoms with E-state index in [0.29, 0.717) is 0 Å². The number of carbonyl (C=O) groups is 3. The van der Waals surface area contributed by atoms with Crippen LogP contribution in [0.1, 0.15) is 29.7 Å². The summed E-state index contributed by atoms with van der Waals surface area (Å²) in [4.78, 5) is 42.4. The Hall–Kier alpha value is -3.21. The predicted molar refractivity (Wildman–Crippen MR) is 104 cm³/mol. The van der Waals surface area contributed by atoms with Crippen molar-refractivity contribution in [1.29, 1.82) is 0 Å². The van der Waals surface area contributed by atoms with Crippen LogP contribution in [0.2, 0.25) is 0 Å². The third kappa shape index (κ3) is 2.29. The average molecular weight is 372 g/mol. The van der Waals surface area contributed by atoms with E-state index in [-0.39, 0.29) is 30.2 Å². The summed E-state index contributed by atoms with van der Waals surface area (Å²) in [7, 11) is 0. The summed E-state index contributed by atoms with van der Waals surface area (Å²) < 4.78 is 0. The van der Waals surface area contributed by atoms with Crippen molar-refractivity contribution < 1.29 is 14.4 Å². The number of nitrogens with zero attached hydrogens (tertiary/aromatic N) is 2. The number of Topliss-reactive ketones (excluding diaryl/α,β-unsaturated/α-hetero) is 1. The van der Waals surface area contributed by atoms with Gasteiger partial charge < -0.3 is 4.90 Å². The smallest absolute Gasteiger partial charge is 0.236 e. The third-order valence-corrected chi connectivity index (χ3v) is 6.15. The van der Waals surface area contributed by atoms with Gasteiger partial charge in [0.05, 0.1) is 30.5 Å². The van der Waals surface area contributed by atoms with E-state index in [1.807, 2.05) is 71.8 Å². The summed E-state index contributed by atoms with van der Waals surface area (Å²) in [6.45, 7) is 1.76. The Labute approximate surface area is 163 Å². The van der Waals surface area contributed by atoms with Crippen LogP contribution in [0.3, 0.4) is 0 Å². The van der Waals surface area contributed by atoms with Crippen LogP contribution < -0.4 is 0 Å². The second kappa shape index (κ2) is 6.16. The minimum Gasteiger partial charge on any atom is -0.359 e. The molecule has 0 radical (unpaired) electrons. The van der Waals surface area contributed by atoms with Crippen LogP contribution in [0.15, 0.2) is 60.8 Å². The average Bonchev–Trinajstić information content (AvgIpc) is 3.18. The van der Waals surface area contributed by atoms with Gasteiger partial charge in [-0.1, -0.05) is 54.6 Å². The first-order valence-corrected chi connectivity index (χ1v) is 9.52. The fourth-order valence-electron chi connectivity index (χ4n) is 5.01. The quantitative estimate of drug-likeness (QED) is 0.778. The maximum Gasteiger partial charge on any atom is 0.236 e. The van der Waals surface area contributed by atoms with Crippen molar-refractivity contribution in [2.45, 2.75) is 25.6 Å². The Kier molecular flexibility index (Phi) is 3.72. The fourth-order valence-corrected chi connectivity index (χ4v) is 5.01. The van der Waals surface area contributed by atoms with Gasteiger partial charge in [-0.2, -0.15) is 0 Å². The lowest BCUT2D eigenvalue weighted by Gasteiger charge is -2.34. The lowest BCUT2D eigenvalue weighted by Crippen LogP contribution is -2.43. The van der Waals surface area contributed by atoms with Gasteiger partial charge in [0.1, 0.15) is 0 Å². The van der Waals surface area contributed by atoms with Gasteiger partial charge in [-0.05, 0) is 29.7 Å². The zero-order valence-corrected chi connectivity index (χ0v) is 15.5. The number of benzene rings is 2. The molecule has 2 saturated heterocycles. The molecule has 3 aliphatic heterocycles. The van der Waals surface area contributed by atoms with Gasteiger partial charge in [-0.25, -0.2) is 0 Å². The normalized spacial score (nSPS) is 27.6. The second-order valence-corrected chi connectivity index (χ2v) is 7.69. The lowest BCUT2D eigenvalue weighted by atomic mass is 9.84. The van der Waals surface area contributed by atoms with Crippen LogP contribution in [-0.2, 0) is 20.9 Å². The van der Waals surface area contributed by atoms with Crippen molar-refractivity contribution in [3.63, 3.8) is 0 Å². The molecular weight excluding hydrogens is 352 g/mol. The number of imide groups is 1. The van der Waals surface area contributed by atoms with Crippen LogP contribution in [0.5, 0.6) is 0 Å². The minimum absolute atomic E-state index is 0.0794. The van der Waals surface area contributed by atoms with Crippen molar-refractivity contribution in [3.8, 4) is 0 Å². The van der Waals surface area contributed by atoms with Gasteiger partial charge in [0.2, 0.25) is 11.8 Å². The maximum absolute atomic E-state index is 13.4. The van der Waals surface area contributed by atoms with Gasteiger partial charge >= 0.3 is 0 Å². The highest BCUT2D eigenvalue weighted by Crippen LogP contribution is 2.52. The summed E-state index contributed by atoms with van der Waals surface area (Å²) in [6, 6.07) is 16.5. The molecule has 0 aliphatic carbocycles. The molecular formula is C23H20N2O3. The van der Waals surface area contributed by atoms with Crippen molar-refractivity contribution >= 4 is 23.7 Å². The Morgan fingerprint density at radius 2 is 1.61 bits per heavy atom. The third-order valence-electron chi connectivity index (χ3n) is 6.15.